The number of hydrogen-bond acceptors (Lipinski definition) is 5. The zero-order valence-corrected chi connectivity index (χ0v) is 10.9. The topological polar surface area (TPSA) is 62.4 Å². The first-order chi connectivity index (χ1) is 8.78. The number of nitrogens with one attached hydrogen (secondary N) is 1. The second kappa shape index (κ2) is 4.97. The number of nitrogens with two attached hydrogens (primary N) is 1. The second-order valence-corrected chi connectivity index (χ2v) is 5.34. The van der Waals surface area contributed by atoms with Gasteiger partial charge in [-0.05, 0) is 0 Å². The highest BCUT2D eigenvalue weighted by Gasteiger charge is 2.36. The molecule has 6 heteroatoms. The fourth-order valence-corrected chi connectivity index (χ4v) is 3.14. The van der Waals surface area contributed by atoms with Gasteiger partial charge >= 0.3 is 0 Å². The van der Waals surface area contributed by atoms with Gasteiger partial charge in [0, 0.05) is 70.7 Å². The van der Waals surface area contributed by atoms with Crippen LogP contribution in [0.4, 0.5) is 0 Å². The number of rotatable bonds is 4. The molecule has 0 amide bonds. The zero-order valence-electron chi connectivity index (χ0n) is 10.9. The largest absolute Gasteiger partial charge is 0.338 e. The van der Waals surface area contributed by atoms with Crippen molar-refractivity contribution in [1.29, 1.82) is 0 Å². The lowest BCUT2D eigenvalue weighted by Gasteiger charge is -2.50. The van der Waals surface area contributed by atoms with Crippen molar-refractivity contribution in [3.63, 3.8) is 0 Å². The third-order valence-electron chi connectivity index (χ3n) is 4.32. The summed E-state index contributed by atoms with van der Waals surface area (Å²) in [6.07, 6.45) is 4.72. The van der Waals surface area contributed by atoms with E-state index in [1.54, 1.807) is 0 Å². The van der Waals surface area contributed by atoms with E-state index >= 15 is 0 Å². The minimum absolute atomic E-state index is 0.272. The predicted octanol–water partition coefficient (Wildman–Crippen LogP) is -1.21. The van der Waals surface area contributed by atoms with E-state index in [4.69, 9.17) is 5.84 Å². The highest BCUT2D eigenvalue weighted by molar-refractivity contribution is 5.01. The van der Waals surface area contributed by atoms with Crippen molar-refractivity contribution >= 4 is 0 Å². The number of piperazine rings is 3. The molecule has 3 fully saturated rings. The summed E-state index contributed by atoms with van der Waals surface area (Å²) in [7, 11) is 2.03. The molecule has 1 aromatic heterocycles. The molecule has 18 heavy (non-hydrogen) atoms. The molecule has 0 spiro atoms. The van der Waals surface area contributed by atoms with Gasteiger partial charge in [-0.15, -0.1) is 0 Å². The Bertz CT molecular complexity index is 395. The van der Waals surface area contributed by atoms with E-state index < -0.39 is 0 Å². The Labute approximate surface area is 108 Å². The molecule has 0 radical (unpaired) electrons. The SMILES string of the molecule is Cn1ccnc1CC(NN)C1CN2CCN1CC2. The van der Waals surface area contributed by atoms with E-state index in [0.717, 1.165) is 18.8 Å². The molecule has 3 aliphatic heterocycles. The highest BCUT2D eigenvalue weighted by Crippen LogP contribution is 2.19. The van der Waals surface area contributed by atoms with Gasteiger partial charge in [-0.3, -0.25) is 21.1 Å². The lowest BCUT2D eigenvalue weighted by molar-refractivity contribution is -0.00350. The maximum atomic E-state index is 5.77. The molecule has 2 bridgehead atoms. The van der Waals surface area contributed by atoms with Gasteiger partial charge in [0.1, 0.15) is 5.82 Å². The quantitative estimate of drug-likeness (QED) is 0.519. The Morgan fingerprint density at radius 3 is 2.72 bits per heavy atom. The van der Waals surface area contributed by atoms with E-state index in [1.807, 2.05) is 19.4 Å². The van der Waals surface area contributed by atoms with Crippen molar-refractivity contribution in [3.05, 3.63) is 18.2 Å². The molecule has 3 saturated heterocycles. The Hall–Kier alpha value is -0.950. The highest BCUT2D eigenvalue weighted by atomic mass is 15.4. The van der Waals surface area contributed by atoms with Crippen LogP contribution in [0.15, 0.2) is 12.4 Å². The van der Waals surface area contributed by atoms with Crippen LogP contribution < -0.4 is 11.3 Å². The van der Waals surface area contributed by atoms with Crippen LogP contribution in [0.2, 0.25) is 0 Å². The summed E-state index contributed by atoms with van der Waals surface area (Å²) in [4.78, 5) is 9.49. The molecule has 3 N–H and O–H groups in total. The van der Waals surface area contributed by atoms with Gasteiger partial charge in [0.2, 0.25) is 0 Å². The second-order valence-electron chi connectivity index (χ2n) is 5.34. The number of aryl methyl sites for hydroxylation is 1. The van der Waals surface area contributed by atoms with Gasteiger partial charge in [-0.2, -0.15) is 0 Å². The third kappa shape index (κ3) is 2.16. The summed E-state index contributed by atoms with van der Waals surface area (Å²) >= 11 is 0. The Kier molecular flexibility index (Phi) is 3.34. The van der Waals surface area contributed by atoms with Crippen LogP contribution >= 0.6 is 0 Å². The monoisotopic (exact) mass is 250 g/mol. The standard InChI is InChI=1S/C12H22N6/c1-16-3-2-14-12(16)8-10(15-13)11-9-17-4-6-18(11)7-5-17/h2-3,10-11,15H,4-9,13H2,1H3. The van der Waals surface area contributed by atoms with E-state index in [1.165, 1.54) is 26.2 Å². The Morgan fingerprint density at radius 2 is 2.22 bits per heavy atom. The van der Waals surface area contributed by atoms with Crippen LogP contribution in [0.3, 0.4) is 0 Å². The Morgan fingerprint density at radius 1 is 1.44 bits per heavy atom. The molecule has 0 aromatic carbocycles. The summed E-state index contributed by atoms with van der Waals surface area (Å²) in [5.74, 6) is 6.86. The lowest BCUT2D eigenvalue weighted by Crippen LogP contribution is -2.67. The van der Waals surface area contributed by atoms with Crippen LogP contribution in [0.5, 0.6) is 0 Å². The first-order valence-electron chi connectivity index (χ1n) is 6.66. The van der Waals surface area contributed by atoms with Gasteiger partial charge in [-0.25, -0.2) is 4.98 Å². The van der Waals surface area contributed by atoms with Crippen LogP contribution in [0.1, 0.15) is 5.82 Å². The van der Waals surface area contributed by atoms with Gasteiger partial charge < -0.3 is 4.57 Å². The van der Waals surface area contributed by atoms with Gasteiger partial charge in [-0.1, -0.05) is 0 Å². The molecule has 4 rings (SSSR count). The number of fused-ring (bicyclic) bond motifs is 3. The fraction of sp³-hybridized carbons (Fsp3) is 0.750. The number of nitrogens with zero attached hydrogens (tertiary/aromatic N) is 4. The first-order valence-corrected chi connectivity index (χ1v) is 6.66. The zero-order chi connectivity index (χ0) is 12.5. The van der Waals surface area contributed by atoms with Crippen molar-refractivity contribution in [2.24, 2.45) is 12.9 Å². The first kappa shape index (κ1) is 12.1. The minimum Gasteiger partial charge on any atom is -0.338 e. The fourth-order valence-electron chi connectivity index (χ4n) is 3.14. The smallest absolute Gasteiger partial charge is 0.110 e. The van der Waals surface area contributed by atoms with Crippen LogP contribution in [-0.2, 0) is 13.5 Å². The molecule has 2 unspecified atom stereocenters. The van der Waals surface area contributed by atoms with Crippen molar-refractivity contribution in [2.45, 2.75) is 18.5 Å². The molecule has 1 aromatic rings. The van der Waals surface area contributed by atoms with Crippen LogP contribution in [-0.4, -0.2) is 64.2 Å². The average Bonchev–Trinajstić information content (AvgIpc) is 2.82. The molecule has 2 atom stereocenters. The van der Waals surface area contributed by atoms with Crippen molar-refractivity contribution in [1.82, 2.24) is 24.8 Å². The van der Waals surface area contributed by atoms with E-state index in [2.05, 4.69) is 24.8 Å². The molecule has 6 nitrogen and oxygen atoms in total. The molecule has 3 aliphatic rings. The summed E-state index contributed by atoms with van der Waals surface area (Å²) in [6.45, 7) is 5.87. The summed E-state index contributed by atoms with van der Waals surface area (Å²) in [6, 6.07) is 0.781. The molecule has 0 aliphatic carbocycles. The molecule has 4 heterocycles. The number of hydrazine groups is 1. The van der Waals surface area contributed by atoms with E-state index in [-0.39, 0.29) is 6.04 Å². The van der Waals surface area contributed by atoms with Crippen molar-refractivity contribution in [2.75, 3.05) is 32.7 Å². The van der Waals surface area contributed by atoms with E-state index in [0.29, 0.717) is 6.04 Å². The molecule has 0 saturated carbocycles. The molecular weight excluding hydrogens is 228 g/mol. The number of imidazole rings is 1. The molecule has 100 valence electrons. The average molecular weight is 250 g/mol. The number of aromatic nitrogens is 2. The van der Waals surface area contributed by atoms with Crippen molar-refractivity contribution in [3.8, 4) is 0 Å². The van der Waals surface area contributed by atoms with E-state index in [9.17, 15) is 0 Å². The van der Waals surface area contributed by atoms with Gasteiger partial charge in [0.05, 0.1) is 0 Å². The number of hydrogen-bond donors (Lipinski definition) is 2. The van der Waals surface area contributed by atoms with Crippen LogP contribution in [0, 0.1) is 0 Å². The van der Waals surface area contributed by atoms with Crippen molar-refractivity contribution < 1.29 is 0 Å². The predicted molar refractivity (Wildman–Crippen MR) is 69.8 cm³/mol. The van der Waals surface area contributed by atoms with Gasteiger partial charge in [0.25, 0.3) is 0 Å². The normalized spacial score (nSPS) is 32.7. The lowest BCUT2D eigenvalue weighted by atomic mass is 9.98. The summed E-state index contributed by atoms with van der Waals surface area (Å²) in [5, 5.41) is 0. The maximum absolute atomic E-state index is 5.77. The summed E-state index contributed by atoms with van der Waals surface area (Å²) < 4.78 is 2.07. The summed E-state index contributed by atoms with van der Waals surface area (Å²) in [5.41, 5.74) is 3.00. The molecular formula is C12H22N6. The minimum atomic E-state index is 0.272. The maximum Gasteiger partial charge on any atom is 0.110 e. The third-order valence-corrected chi connectivity index (χ3v) is 4.32. The van der Waals surface area contributed by atoms with Gasteiger partial charge in [0.15, 0.2) is 0 Å². The van der Waals surface area contributed by atoms with Crippen LogP contribution in [0.25, 0.3) is 0 Å². The Balaban J connectivity index is 1.71.